The molecule has 1 amide bonds. The number of ether oxygens (including phenoxy) is 1. The van der Waals surface area contributed by atoms with E-state index in [0.717, 1.165) is 83.5 Å². The molecule has 0 radical (unpaired) electrons. The molecule has 0 aromatic rings. The first-order chi connectivity index (χ1) is 33.5. The summed E-state index contributed by atoms with van der Waals surface area (Å²) in [5, 5.41) is 23.3. The molecule has 0 aliphatic heterocycles. The Morgan fingerprint density at radius 3 is 1.24 bits per heavy atom. The van der Waals surface area contributed by atoms with Crippen molar-refractivity contribution in [1.82, 2.24) is 5.32 Å². The SMILES string of the molecule is CCCCC/C=C\C/C=C\CCCCCCCCCCCC(=O)OCCCCC/C=C\C=C/CCCCCCCCC(=O)NC(CO)C(O)CCCCCCCCCCCCCCCCCCC. The van der Waals surface area contributed by atoms with Crippen molar-refractivity contribution in [1.29, 1.82) is 0 Å². The van der Waals surface area contributed by atoms with Crippen LogP contribution >= 0.6 is 0 Å². The molecule has 6 nitrogen and oxygen atoms in total. The van der Waals surface area contributed by atoms with Crippen LogP contribution in [-0.2, 0) is 14.3 Å². The smallest absolute Gasteiger partial charge is 0.305 e. The quantitative estimate of drug-likeness (QED) is 0.0244. The zero-order valence-corrected chi connectivity index (χ0v) is 45.3. The van der Waals surface area contributed by atoms with Crippen LogP contribution in [0, 0.1) is 0 Å². The highest BCUT2D eigenvalue weighted by molar-refractivity contribution is 5.76. The number of aliphatic hydroxyl groups is 2. The number of aliphatic hydroxyl groups excluding tert-OH is 2. The maximum absolute atomic E-state index is 12.5. The van der Waals surface area contributed by atoms with Crippen LogP contribution in [0.5, 0.6) is 0 Å². The van der Waals surface area contributed by atoms with Crippen molar-refractivity contribution >= 4 is 11.9 Å². The minimum Gasteiger partial charge on any atom is -0.466 e. The summed E-state index contributed by atoms with van der Waals surface area (Å²) in [4.78, 5) is 24.6. The average molecular weight is 955 g/mol. The molecule has 3 N–H and O–H groups in total. The molecule has 0 aromatic heterocycles. The Balaban J connectivity index is 3.51. The fourth-order valence-electron chi connectivity index (χ4n) is 9.01. The molecular formula is C62H115NO5. The Kier molecular flexibility index (Phi) is 55.6. The zero-order valence-electron chi connectivity index (χ0n) is 45.3. The lowest BCUT2D eigenvalue weighted by molar-refractivity contribution is -0.143. The highest BCUT2D eigenvalue weighted by Gasteiger charge is 2.20. The van der Waals surface area contributed by atoms with Crippen molar-refractivity contribution < 1.29 is 24.5 Å². The van der Waals surface area contributed by atoms with E-state index in [-0.39, 0.29) is 18.5 Å². The fourth-order valence-corrected chi connectivity index (χ4v) is 9.01. The average Bonchev–Trinajstić information content (AvgIpc) is 3.34. The molecule has 0 aliphatic carbocycles. The van der Waals surface area contributed by atoms with Crippen molar-refractivity contribution in [3.8, 4) is 0 Å². The number of carbonyl (C=O) groups excluding carboxylic acids is 2. The van der Waals surface area contributed by atoms with E-state index >= 15 is 0 Å². The van der Waals surface area contributed by atoms with Gasteiger partial charge in [0.1, 0.15) is 0 Å². The molecule has 0 spiro atoms. The van der Waals surface area contributed by atoms with Gasteiger partial charge in [-0.3, -0.25) is 9.59 Å². The van der Waals surface area contributed by atoms with Gasteiger partial charge in [-0.15, -0.1) is 0 Å². The van der Waals surface area contributed by atoms with Crippen LogP contribution in [0.25, 0.3) is 0 Å². The summed E-state index contributed by atoms with van der Waals surface area (Å²) in [5.74, 6) is -0.0822. The third-order valence-electron chi connectivity index (χ3n) is 13.6. The van der Waals surface area contributed by atoms with Gasteiger partial charge in [-0.2, -0.15) is 0 Å². The highest BCUT2D eigenvalue weighted by atomic mass is 16.5. The van der Waals surface area contributed by atoms with Gasteiger partial charge in [-0.1, -0.05) is 255 Å². The predicted octanol–water partition coefficient (Wildman–Crippen LogP) is 18.6. The summed E-state index contributed by atoms with van der Waals surface area (Å²) in [6.07, 6.45) is 72.5. The molecule has 2 unspecified atom stereocenters. The van der Waals surface area contributed by atoms with E-state index in [1.807, 2.05) is 0 Å². The largest absolute Gasteiger partial charge is 0.466 e. The van der Waals surface area contributed by atoms with Crippen molar-refractivity contribution in [3.05, 3.63) is 48.6 Å². The molecule has 0 heterocycles. The molecule has 0 saturated carbocycles. The number of amides is 1. The third kappa shape index (κ3) is 53.2. The number of carbonyl (C=O) groups is 2. The third-order valence-corrected chi connectivity index (χ3v) is 13.6. The van der Waals surface area contributed by atoms with Crippen LogP contribution < -0.4 is 5.32 Å². The Morgan fingerprint density at radius 1 is 0.426 bits per heavy atom. The summed E-state index contributed by atoms with van der Waals surface area (Å²) in [6.45, 7) is 4.88. The van der Waals surface area contributed by atoms with Crippen molar-refractivity contribution in [3.63, 3.8) is 0 Å². The molecule has 0 rings (SSSR count). The number of esters is 1. The van der Waals surface area contributed by atoms with E-state index in [1.165, 1.54) is 193 Å². The molecular weight excluding hydrogens is 839 g/mol. The molecule has 6 heteroatoms. The second-order valence-electron chi connectivity index (χ2n) is 20.4. The summed E-state index contributed by atoms with van der Waals surface area (Å²) in [5.41, 5.74) is 0. The highest BCUT2D eigenvalue weighted by Crippen LogP contribution is 2.17. The summed E-state index contributed by atoms with van der Waals surface area (Å²) < 4.78 is 5.46. The van der Waals surface area contributed by atoms with Crippen molar-refractivity contribution in [2.45, 2.75) is 321 Å². The van der Waals surface area contributed by atoms with Crippen LogP contribution in [0.2, 0.25) is 0 Å². The van der Waals surface area contributed by atoms with Crippen molar-refractivity contribution in [2.75, 3.05) is 13.2 Å². The summed E-state index contributed by atoms with van der Waals surface area (Å²) in [7, 11) is 0. The predicted molar refractivity (Wildman–Crippen MR) is 296 cm³/mol. The summed E-state index contributed by atoms with van der Waals surface area (Å²) >= 11 is 0. The van der Waals surface area contributed by atoms with Gasteiger partial charge in [0.25, 0.3) is 0 Å². The monoisotopic (exact) mass is 954 g/mol. The molecule has 0 aliphatic rings. The molecule has 0 fully saturated rings. The van der Waals surface area contributed by atoms with E-state index in [2.05, 4.69) is 67.8 Å². The minimum absolute atomic E-state index is 0.0255. The molecule has 0 bridgehead atoms. The van der Waals surface area contributed by atoms with Gasteiger partial charge in [-0.25, -0.2) is 0 Å². The molecule has 2 atom stereocenters. The Labute approximate surface area is 423 Å². The Hall–Kier alpha value is -2.18. The number of nitrogens with one attached hydrogen (secondary N) is 1. The van der Waals surface area contributed by atoms with Gasteiger partial charge in [0, 0.05) is 12.8 Å². The lowest BCUT2D eigenvalue weighted by Crippen LogP contribution is -2.45. The first-order valence-corrected chi connectivity index (χ1v) is 29.9. The molecule has 398 valence electrons. The zero-order chi connectivity index (χ0) is 49.3. The van der Waals surface area contributed by atoms with Gasteiger partial charge in [0.05, 0.1) is 25.4 Å². The standard InChI is InChI=1S/C62H115NO5/c1-3-5-7-9-11-13-15-17-19-21-22-24-28-32-36-40-44-48-52-56-62(67)68-57-53-49-45-41-37-33-29-25-27-31-35-39-43-47-51-55-61(66)63-59(58-64)60(65)54-50-46-42-38-34-30-26-23-20-18-16-14-12-10-8-6-4-2/h11,13,17,19,25,29,33,37,59-60,64-65H,3-10,12,14-16,18,20-24,26-28,30-32,34-36,38-58H2,1-2H3,(H,63,66)/b13-11-,19-17-,29-25-,37-33-. The van der Waals surface area contributed by atoms with Crippen LogP contribution in [0.15, 0.2) is 48.6 Å². The number of hydrogen-bond acceptors (Lipinski definition) is 5. The van der Waals surface area contributed by atoms with Crippen LogP contribution in [0.4, 0.5) is 0 Å². The maximum atomic E-state index is 12.5. The normalized spacial score (nSPS) is 12.9. The van der Waals surface area contributed by atoms with Crippen LogP contribution in [-0.4, -0.2) is 47.4 Å². The minimum atomic E-state index is -0.680. The van der Waals surface area contributed by atoms with Crippen LogP contribution in [0.3, 0.4) is 0 Å². The lowest BCUT2D eigenvalue weighted by atomic mass is 10.0. The second-order valence-corrected chi connectivity index (χ2v) is 20.4. The Bertz CT molecular complexity index is 1150. The summed E-state index contributed by atoms with van der Waals surface area (Å²) in [6, 6.07) is -0.560. The molecule has 0 saturated heterocycles. The van der Waals surface area contributed by atoms with Gasteiger partial charge in [-0.05, 0) is 89.9 Å². The molecule has 0 aromatic carbocycles. The number of hydrogen-bond donors (Lipinski definition) is 3. The van der Waals surface area contributed by atoms with E-state index in [9.17, 15) is 19.8 Å². The fraction of sp³-hybridized carbons (Fsp3) is 0.839. The number of rotatable bonds is 55. The van der Waals surface area contributed by atoms with Gasteiger partial charge in [0.2, 0.25) is 5.91 Å². The molecule has 68 heavy (non-hydrogen) atoms. The van der Waals surface area contributed by atoms with Gasteiger partial charge >= 0.3 is 5.97 Å². The number of unbranched alkanes of at least 4 members (excludes halogenated alkanes) is 37. The maximum Gasteiger partial charge on any atom is 0.305 e. The van der Waals surface area contributed by atoms with Crippen molar-refractivity contribution in [2.24, 2.45) is 0 Å². The van der Waals surface area contributed by atoms with E-state index in [4.69, 9.17) is 4.74 Å². The van der Waals surface area contributed by atoms with E-state index in [0.29, 0.717) is 25.9 Å². The second kappa shape index (κ2) is 57.4. The first kappa shape index (κ1) is 65.8. The number of allylic oxidation sites excluding steroid dienone is 8. The Morgan fingerprint density at radius 2 is 0.779 bits per heavy atom. The lowest BCUT2D eigenvalue weighted by Gasteiger charge is -2.22. The van der Waals surface area contributed by atoms with Gasteiger partial charge in [0.15, 0.2) is 0 Å². The van der Waals surface area contributed by atoms with Crippen LogP contribution in [0.1, 0.15) is 309 Å². The van der Waals surface area contributed by atoms with E-state index < -0.39 is 12.1 Å². The van der Waals surface area contributed by atoms with E-state index in [1.54, 1.807) is 0 Å². The first-order valence-electron chi connectivity index (χ1n) is 29.9. The van der Waals surface area contributed by atoms with Gasteiger partial charge < -0.3 is 20.3 Å². The topological polar surface area (TPSA) is 95.9 Å².